The van der Waals surface area contributed by atoms with Crippen molar-refractivity contribution in [1.82, 2.24) is 0 Å². The Labute approximate surface area is 80.7 Å². The molecule has 0 aromatic heterocycles. The van der Waals surface area contributed by atoms with E-state index in [4.69, 9.17) is 10.8 Å². The van der Waals surface area contributed by atoms with Crippen LogP contribution in [0.2, 0.25) is 0 Å². The van der Waals surface area contributed by atoms with Gasteiger partial charge in [0.1, 0.15) is 0 Å². The van der Waals surface area contributed by atoms with E-state index in [9.17, 15) is 9.59 Å². The number of carboxylic acid groups (broad SMARTS) is 1. The van der Waals surface area contributed by atoms with Crippen molar-refractivity contribution in [1.29, 1.82) is 0 Å². The molecule has 0 spiro atoms. The minimum atomic E-state index is -1.01. The average molecular weight is 191 g/mol. The lowest BCUT2D eigenvalue weighted by atomic mass is 10.1. The molecular formula is C10H9NO3. The Morgan fingerprint density at radius 2 is 1.79 bits per heavy atom. The molecule has 4 heteroatoms. The molecule has 1 amide bonds. The SMILES string of the molecule is NC(=O)c1ccc(C=CC(=O)O)cc1. The van der Waals surface area contributed by atoms with Gasteiger partial charge in [-0.15, -0.1) is 0 Å². The third kappa shape index (κ3) is 2.75. The second-order valence-electron chi connectivity index (χ2n) is 2.66. The molecule has 0 aliphatic rings. The van der Waals surface area contributed by atoms with Gasteiger partial charge in [0.15, 0.2) is 0 Å². The maximum absolute atomic E-state index is 10.7. The highest BCUT2D eigenvalue weighted by molar-refractivity contribution is 5.93. The molecule has 14 heavy (non-hydrogen) atoms. The topological polar surface area (TPSA) is 80.4 Å². The molecular weight excluding hydrogens is 182 g/mol. The first kappa shape index (κ1) is 9.98. The summed E-state index contributed by atoms with van der Waals surface area (Å²) < 4.78 is 0. The highest BCUT2D eigenvalue weighted by Gasteiger charge is 1.97. The predicted molar refractivity (Wildman–Crippen MR) is 51.6 cm³/mol. The standard InChI is InChI=1S/C10H9NO3/c11-10(14)8-4-1-7(2-5-8)3-6-9(12)13/h1-6H,(H2,11,14)(H,12,13). The molecule has 0 radical (unpaired) electrons. The lowest BCUT2D eigenvalue weighted by Crippen LogP contribution is -2.10. The summed E-state index contributed by atoms with van der Waals surface area (Å²) in [5.74, 6) is -1.51. The van der Waals surface area contributed by atoms with Gasteiger partial charge in [0.25, 0.3) is 0 Å². The van der Waals surface area contributed by atoms with Crippen LogP contribution in [0.3, 0.4) is 0 Å². The Kier molecular flexibility index (Phi) is 3.01. The van der Waals surface area contributed by atoms with Crippen molar-refractivity contribution >= 4 is 18.0 Å². The zero-order valence-electron chi connectivity index (χ0n) is 7.31. The zero-order chi connectivity index (χ0) is 10.6. The molecule has 0 saturated heterocycles. The number of benzene rings is 1. The zero-order valence-corrected chi connectivity index (χ0v) is 7.31. The molecule has 0 unspecified atom stereocenters. The number of rotatable bonds is 3. The summed E-state index contributed by atoms with van der Waals surface area (Å²) in [5, 5.41) is 8.36. The van der Waals surface area contributed by atoms with Gasteiger partial charge in [-0.3, -0.25) is 4.79 Å². The lowest BCUT2D eigenvalue weighted by Gasteiger charge is -1.95. The number of amides is 1. The van der Waals surface area contributed by atoms with E-state index < -0.39 is 11.9 Å². The van der Waals surface area contributed by atoms with Crippen LogP contribution in [0.15, 0.2) is 30.3 Å². The van der Waals surface area contributed by atoms with E-state index in [2.05, 4.69) is 0 Å². The molecule has 0 atom stereocenters. The molecule has 3 N–H and O–H groups in total. The Morgan fingerprint density at radius 3 is 2.21 bits per heavy atom. The molecule has 72 valence electrons. The van der Waals surface area contributed by atoms with Gasteiger partial charge in [-0.25, -0.2) is 4.79 Å². The van der Waals surface area contributed by atoms with Gasteiger partial charge in [-0.1, -0.05) is 12.1 Å². The fourth-order valence-corrected chi connectivity index (χ4v) is 0.926. The fourth-order valence-electron chi connectivity index (χ4n) is 0.926. The van der Waals surface area contributed by atoms with Gasteiger partial charge in [0.05, 0.1) is 0 Å². The fraction of sp³-hybridized carbons (Fsp3) is 0. The van der Waals surface area contributed by atoms with Crippen LogP contribution >= 0.6 is 0 Å². The van der Waals surface area contributed by atoms with Crippen LogP contribution in [-0.2, 0) is 4.79 Å². The van der Waals surface area contributed by atoms with Gasteiger partial charge in [-0.2, -0.15) is 0 Å². The number of aliphatic carboxylic acids is 1. The van der Waals surface area contributed by atoms with Crippen molar-refractivity contribution in [2.75, 3.05) is 0 Å². The van der Waals surface area contributed by atoms with E-state index in [1.807, 2.05) is 0 Å². The molecule has 0 aliphatic heterocycles. The lowest BCUT2D eigenvalue weighted by molar-refractivity contribution is -0.131. The van der Waals surface area contributed by atoms with Gasteiger partial charge in [0, 0.05) is 11.6 Å². The summed E-state index contributed by atoms with van der Waals surface area (Å²) in [4.78, 5) is 20.9. The average Bonchev–Trinajstić information content (AvgIpc) is 2.15. The summed E-state index contributed by atoms with van der Waals surface area (Å²) in [6.07, 6.45) is 2.46. The van der Waals surface area contributed by atoms with Crippen molar-refractivity contribution in [3.63, 3.8) is 0 Å². The van der Waals surface area contributed by atoms with Crippen molar-refractivity contribution in [2.45, 2.75) is 0 Å². The Hall–Kier alpha value is -2.10. The van der Waals surface area contributed by atoms with Gasteiger partial charge in [0.2, 0.25) is 5.91 Å². The first-order valence-corrected chi connectivity index (χ1v) is 3.90. The number of carbonyl (C=O) groups excluding carboxylic acids is 1. The monoisotopic (exact) mass is 191 g/mol. The normalized spacial score (nSPS) is 10.3. The van der Waals surface area contributed by atoms with Crippen LogP contribution in [0.1, 0.15) is 15.9 Å². The Bertz CT molecular complexity index is 379. The molecule has 1 aromatic carbocycles. The van der Waals surface area contributed by atoms with Crippen molar-refractivity contribution in [2.24, 2.45) is 5.73 Å². The summed E-state index contributed by atoms with van der Waals surface area (Å²) in [6, 6.07) is 6.34. The van der Waals surface area contributed by atoms with Crippen LogP contribution in [-0.4, -0.2) is 17.0 Å². The van der Waals surface area contributed by atoms with E-state index in [-0.39, 0.29) is 0 Å². The van der Waals surface area contributed by atoms with Crippen LogP contribution < -0.4 is 5.73 Å². The molecule has 1 rings (SSSR count). The van der Waals surface area contributed by atoms with Gasteiger partial charge < -0.3 is 10.8 Å². The minimum Gasteiger partial charge on any atom is -0.478 e. The van der Waals surface area contributed by atoms with Crippen LogP contribution in [0.5, 0.6) is 0 Å². The molecule has 0 fully saturated rings. The van der Waals surface area contributed by atoms with Crippen LogP contribution in [0.25, 0.3) is 6.08 Å². The van der Waals surface area contributed by atoms with Crippen molar-refractivity contribution < 1.29 is 14.7 Å². The number of hydrogen-bond donors (Lipinski definition) is 2. The van der Waals surface area contributed by atoms with Crippen LogP contribution in [0, 0.1) is 0 Å². The minimum absolute atomic E-state index is 0.400. The quantitative estimate of drug-likeness (QED) is 0.696. The highest BCUT2D eigenvalue weighted by atomic mass is 16.4. The maximum Gasteiger partial charge on any atom is 0.328 e. The predicted octanol–water partition coefficient (Wildman–Crippen LogP) is 0.883. The van der Waals surface area contributed by atoms with E-state index in [0.717, 1.165) is 6.08 Å². The number of carbonyl (C=O) groups is 2. The molecule has 1 aromatic rings. The van der Waals surface area contributed by atoms with E-state index >= 15 is 0 Å². The van der Waals surface area contributed by atoms with Gasteiger partial charge in [-0.05, 0) is 23.8 Å². The first-order valence-electron chi connectivity index (χ1n) is 3.90. The smallest absolute Gasteiger partial charge is 0.328 e. The molecule has 4 nitrogen and oxygen atoms in total. The van der Waals surface area contributed by atoms with E-state index in [1.165, 1.54) is 6.08 Å². The van der Waals surface area contributed by atoms with Crippen molar-refractivity contribution in [3.05, 3.63) is 41.5 Å². The highest BCUT2D eigenvalue weighted by Crippen LogP contribution is 2.05. The molecule has 0 bridgehead atoms. The van der Waals surface area contributed by atoms with E-state index in [0.29, 0.717) is 11.1 Å². The third-order valence-electron chi connectivity index (χ3n) is 1.61. The second kappa shape index (κ2) is 4.23. The van der Waals surface area contributed by atoms with Gasteiger partial charge >= 0.3 is 5.97 Å². The summed E-state index contributed by atoms with van der Waals surface area (Å²) in [7, 11) is 0. The summed E-state index contributed by atoms with van der Waals surface area (Å²) >= 11 is 0. The third-order valence-corrected chi connectivity index (χ3v) is 1.61. The number of nitrogens with two attached hydrogens (primary N) is 1. The Morgan fingerprint density at radius 1 is 1.21 bits per heavy atom. The largest absolute Gasteiger partial charge is 0.478 e. The molecule has 0 heterocycles. The van der Waals surface area contributed by atoms with Crippen molar-refractivity contribution in [3.8, 4) is 0 Å². The maximum atomic E-state index is 10.7. The Balaban J connectivity index is 2.83. The first-order chi connectivity index (χ1) is 6.59. The number of primary amides is 1. The number of carboxylic acids is 1. The molecule has 0 saturated carbocycles. The van der Waals surface area contributed by atoms with Crippen LogP contribution in [0.4, 0.5) is 0 Å². The molecule has 0 aliphatic carbocycles. The number of hydrogen-bond acceptors (Lipinski definition) is 2. The van der Waals surface area contributed by atoms with E-state index in [1.54, 1.807) is 24.3 Å². The second-order valence-corrected chi connectivity index (χ2v) is 2.66. The summed E-state index contributed by atoms with van der Waals surface area (Å²) in [6.45, 7) is 0. The summed E-state index contributed by atoms with van der Waals surface area (Å²) in [5.41, 5.74) is 6.14.